The third-order valence-corrected chi connectivity index (χ3v) is 6.65. The minimum Gasteiger partial charge on any atom is -0.381 e. The molecule has 0 saturated carbocycles. The molecule has 8 heteroatoms. The zero-order valence-corrected chi connectivity index (χ0v) is 20.3. The summed E-state index contributed by atoms with van der Waals surface area (Å²) in [5, 5.41) is 4.26. The minimum atomic E-state index is -0.906. The first-order valence-corrected chi connectivity index (χ1v) is 12.3. The fourth-order valence-electron chi connectivity index (χ4n) is 4.72. The van der Waals surface area contributed by atoms with E-state index in [9.17, 15) is 8.78 Å². The Morgan fingerprint density at radius 1 is 0.946 bits per heavy atom. The predicted molar refractivity (Wildman–Crippen MR) is 139 cm³/mol. The Labute approximate surface area is 212 Å². The lowest BCUT2D eigenvalue weighted by Gasteiger charge is -2.22. The third kappa shape index (κ3) is 4.56. The first-order valence-electron chi connectivity index (χ1n) is 12.3. The molecule has 1 N–H and O–H groups in total. The molecule has 0 bridgehead atoms. The number of nitrogens with one attached hydrogen (secondary N) is 1. The van der Waals surface area contributed by atoms with Crippen LogP contribution < -0.4 is 10.7 Å². The van der Waals surface area contributed by atoms with Crippen molar-refractivity contribution < 1.29 is 13.5 Å². The zero-order valence-electron chi connectivity index (χ0n) is 20.3. The molecule has 0 amide bonds. The molecule has 3 aliphatic rings. The predicted octanol–water partition coefficient (Wildman–Crippen LogP) is 5.94. The molecule has 0 spiro atoms. The van der Waals surface area contributed by atoms with Crippen LogP contribution in [0, 0.1) is 18.6 Å². The van der Waals surface area contributed by atoms with E-state index in [1.54, 1.807) is 12.3 Å². The molecule has 1 aromatic heterocycles. The zero-order chi connectivity index (χ0) is 25.4. The van der Waals surface area contributed by atoms with Crippen molar-refractivity contribution in [3.8, 4) is 17.1 Å². The van der Waals surface area contributed by atoms with Gasteiger partial charge in [0.05, 0.1) is 50.9 Å². The summed E-state index contributed by atoms with van der Waals surface area (Å²) >= 11 is 0. The van der Waals surface area contributed by atoms with Crippen LogP contribution in [0.5, 0.6) is 0 Å². The van der Waals surface area contributed by atoms with Gasteiger partial charge in [0.2, 0.25) is 0 Å². The van der Waals surface area contributed by atoms with Crippen LogP contribution in [-0.2, 0) is 4.74 Å². The largest absolute Gasteiger partial charge is 0.381 e. The molecular formula is C29H25F2N5O. The highest BCUT2D eigenvalue weighted by atomic mass is 19.2. The van der Waals surface area contributed by atoms with Gasteiger partial charge in [0.15, 0.2) is 11.6 Å². The molecule has 186 valence electrons. The maximum atomic E-state index is 14.3. The third-order valence-electron chi connectivity index (χ3n) is 6.65. The highest BCUT2D eigenvalue weighted by molar-refractivity contribution is 5.84. The van der Waals surface area contributed by atoms with Crippen molar-refractivity contribution in [1.29, 1.82) is 0 Å². The topological polar surface area (TPSA) is 64.3 Å². The summed E-state index contributed by atoms with van der Waals surface area (Å²) in [6.07, 6.45) is 3.43. The highest BCUT2D eigenvalue weighted by Gasteiger charge is 2.19. The number of halogens is 2. The number of hydrogen-bond donors (Lipinski definition) is 1. The molecule has 0 unspecified atom stereocenters. The van der Waals surface area contributed by atoms with E-state index in [1.165, 1.54) is 6.07 Å². The number of para-hydroxylation sites is 2. The van der Waals surface area contributed by atoms with Crippen molar-refractivity contribution in [3.05, 3.63) is 95.6 Å². The standard InChI is InChI=1S/C29H25F2N5O/c1-18-23(6-4-12-32-18)34-25-16-27-29(17-26(25)33-19-10-13-37-14-11-19)36(20-8-9-21(30)22(31)15-20)28-7-3-2-5-24(28)35-27/h2-9,12,15-17,19,34H,10-11,13-14H2,1H3/b33-26+. The molecular weight excluding hydrogens is 472 g/mol. The number of fused-ring (bicyclic) bond motifs is 2. The normalized spacial score (nSPS) is 14.9. The lowest BCUT2D eigenvalue weighted by Crippen LogP contribution is -2.23. The number of anilines is 2. The van der Waals surface area contributed by atoms with Gasteiger partial charge in [0, 0.05) is 31.2 Å². The van der Waals surface area contributed by atoms with Gasteiger partial charge in [-0.2, -0.15) is 0 Å². The SMILES string of the molecule is Cc1ncccc1Nc1cc2nc3ccccc3n(-c3ccc(F)c(F)c3)c-2c/c1=N\C1CCOCC1. The van der Waals surface area contributed by atoms with Crippen LogP contribution in [0.1, 0.15) is 18.5 Å². The van der Waals surface area contributed by atoms with Crippen LogP contribution in [0.2, 0.25) is 0 Å². The first-order chi connectivity index (χ1) is 18.1. The van der Waals surface area contributed by atoms with Gasteiger partial charge in [-0.3, -0.25) is 9.98 Å². The highest BCUT2D eigenvalue weighted by Crippen LogP contribution is 2.31. The summed E-state index contributed by atoms with van der Waals surface area (Å²) in [7, 11) is 0. The number of nitrogens with zero attached hydrogens (tertiary/aromatic N) is 4. The average molecular weight is 498 g/mol. The Balaban J connectivity index is 1.64. The number of pyridine rings is 1. The second kappa shape index (κ2) is 9.71. The summed E-state index contributed by atoms with van der Waals surface area (Å²) in [6, 6.07) is 19.5. The number of aromatic nitrogens is 3. The molecule has 2 aromatic carbocycles. The van der Waals surface area contributed by atoms with Gasteiger partial charge >= 0.3 is 0 Å². The van der Waals surface area contributed by atoms with E-state index in [1.807, 2.05) is 60.0 Å². The van der Waals surface area contributed by atoms with Gasteiger partial charge in [-0.15, -0.1) is 0 Å². The van der Waals surface area contributed by atoms with E-state index in [4.69, 9.17) is 14.7 Å². The van der Waals surface area contributed by atoms with Gasteiger partial charge in [-0.25, -0.2) is 13.8 Å². The Morgan fingerprint density at radius 3 is 2.59 bits per heavy atom. The van der Waals surface area contributed by atoms with Crippen LogP contribution in [-0.4, -0.2) is 33.8 Å². The molecule has 37 heavy (non-hydrogen) atoms. The van der Waals surface area contributed by atoms with Gasteiger partial charge in [-0.1, -0.05) is 12.1 Å². The molecule has 6 nitrogen and oxygen atoms in total. The number of ether oxygens (including phenoxy) is 1. The molecule has 3 heterocycles. The quantitative estimate of drug-likeness (QED) is 0.313. The fourth-order valence-corrected chi connectivity index (χ4v) is 4.72. The van der Waals surface area contributed by atoms with Gasteiger partial charge in [0.1, 0.15) is 0 Å². The monoisotopic (exact) mass is 497 g/mol. The molecule has 0 atom stereocenters. The van der Waals surface area contributed by atoms with E-state index in [0.717, 1.165) is 58.1 Å². The van der Waals surface area contributed by atoms with Gasteiger partial charge in [-0.05, 0) is 68.3 Å². The molecule has 2 aliphatic heterocycles. The second-order valence-corrected chi connectivity index (χ2v) is 9.13. The van der Waals surface area contributed by atoms with Crippen LogP contribution in [0.3, 0.4) is 0 Å². The van der Waals surface area contributed by atoms with Crippen LogP contribution >= 0.6 is 0 Å². The summed E-state index contributed by atoms with van der Waals surface area (Å²) < 4.78 is 35.6. The number of hydrogen-bond acceptors (Lipinski definition) is 5. The van der Waals surface area contributed by atoms with Crippen molar-refractivity contribution >= 4 is 22.4 Å². The summed E-state index contributed by atoms with van der Waals surface area (Å²) in [6.45, 7) is 3.29. The van der Waals surface area contributed by atoms with E-state index >= 15 is 0 Å². The van der Waals surface area contributed by atoms with Crippen molar-refractivity contribution in [3.63, 3.8) is 0 Å². The number of rotatable bonds is 4. The van der Waals surface area contributed by atoms with Gasteiger partial charge < -0.3 is 14.6 Å². The van der Waals surface area contributed by atoms with Gasteiger partial charge in [0.25, 0.3) is 0 Å². The van der Waals surface area contributed by atoms with Crippen molar-refractivity contribution in [2.24, 2.45) is 4.99 Å². The van der Waals surface area contributed by atoms with Crippen molar-refractivity contribution in [2.75, 3.05) is 18.5 Å². The van der Waals surface area contributed by atoms with E-state index < -0.39 is 11.6 Å². The minimum absolute atomic E-state index is 0.117. The second-order valence-electron chi connectivity index (χ2n) is 9.13. The summed E-state index contributed by atoms with van der Waals surface area (Å²) in [5.41, 5.74) is 5.99. The lowest BCUT2D eigenvalue weighted by atomic mass is 10.1. The van der Waals surface area contributed by atoms with Crippen molar-refractivity contribution in [2.45, 2.75) is 25.8 Å². The lowest BCUT2D eigenvalue weighted by molar-refractivity contribution is 0.0864. The molecule has 6 rings (SSSR count). The van der Waals surface area contributed by atoms with Crippen LogP contribution in [0.25, 0.3) is 28.1 Å². The molecule has 3 aromatic rings. The van der Waals surface area contributed by atoms with Crippen LogP contribution in [0.15, 0.2) is 77.9 Å². The smallest absolute Gasteiger partial charge is 0.160 e. The maximum Gasteiger partial charge on any atom is 0.160 e. The van der Waals surface area contributed by atoms with E-state index in [-0.39, 0.29) is 6.04 Å². The molecule has 0 radical (unpaired) electrons. The average Bonchev–Trinajstić information content (AvgIpc) is 2.91. The molecule has 1 fully saturated rings. The Morgan fingerprint density at radius 2 is 1.78 bits per heavy atom. The Hall–Kier alpha value is -4.17. The van der Waals surface area contributed by atoms with E-state index in [2.05, 4.69) is 10.3 Å². The molecule has 1 aliphatic carbocycles. The molecule has 1 saturated heterocycles. The van der Waals surface area contributed by atoms with E-state index in [0.29, 0.717) is 24.6 Å². The Kier molecular flexibility index (Phi) is 6.10. The Bertz CT molecular complexity index is 1640. The fraction of sp³-hybridized carbons (Fsp3) is 0.207. The number of aryl methyl sites for hydroxylation is 1. The van der Waals surface area contributed by atoms with Crippen LogP contribution in [0.4, 0.5) is 20.2 Å². The summed E-state index contributed by atoms with van der Waals surface area (Å²) in [4.78, 5) is 14.4. The summed E-state index contributed by atoms with van der Waals surface area (Å²) in [5.74, 6) is -1.79. The first kappa shape index (κ1) is 23.2. The maximum absolute atomic E-state index is 14.3. The van der Waals surface area contributed by atoms with Crippen molar-refractivity contribution in [1.82, 2.24) is 14.5 Å². The number of benzene rings is 3.